The monoisotopic (exact) mass is 242 g/mol. The average Bonchev–Trinajstić information content (AvgIpc) is 2.18. The summed E-state index contributed by atoms with van der Waals surface area (Å²) in [5.41, 5.74) is 0.836. The van der Waals surface area contributed by atoms with Crippen molar-refractivity contribution < 1.29 is 9.53 Å². The van der Waals surface area contributed by atoms with E-state index in [1.54, 1.807) is 31.2 Å². The highest BCUT2D eigenvalue weighted by atomic mass is 35.5. The van der Waals surface area contributed by atoms with Crippen molar-refractivity contribution in [2.45, 2.75) is 13.3 Å². The van der Waals surface area contributed by atoms with Crippen molar-refractivity contribution >= 4 is 34.7 Å². The molecule has 1 aromatic rings. The van der Waals surface area contributed by atoms with E-state index in [1.807, 2.05) is 0 Å². The number of halogens is 1. The summed E-state index contributed by atoms with van der Waals surface area (Å²) in [6.45, 7) is 2.14. The summed E-state index contributed by atoms with van der Waals surface area (Å²) in [4.78, 5) is 11.7. The maximum Gasteiger partial charge on any atom is 0.311 e. The molecule has 0 saturated carbocycles. The van der Waals surface area contributed by atoms with Crippen molar-refractivity contribution in [1.82, 2.24) is 0 Å². The highest BCUT2D eigenvalue weighted by Crippen LogP contribution is 2.12. The van der Waals surface area contributed by atoms with Crippen LogP contribution >= 0.6 is 23.8 Å². The summed E-state index contributed by atoms with van der Waals surface area (Å²) in [5, 5.41) is 0.651. The van der Waals surface area contributed by atoms with Crippen molar-refractivity contribution in [3.63, 3.8) is 0 Å². The van der Waals surface area contributed by atoms with Crippen molar-refractivity contribution in [1.29, 1.82) is 0 Å². The second-order valence-corrected chi connectivity index (χ2v) is 3.84. The number of benzene rings is 1. The molecule has 4 heteroatoms. The number of ether oxygens (including phenoxy) is 1. The average molecular weight is 243 g/mol. The van der Waals surface area contributed by atoms with Gasteiger partial charge >= 0.3 is 5.97 Å². The van der Waals surface area contributed by atoms with Crippen LogP contribution in [0.1, 0.15) is 18.9 Å². The molecule has 2 nitrogen and oxygen atoms in total. The molecule has 0 fully saturated rings. The van der Waals surface area contributed by atoms with E-state index in [9.17, 15) is 4.79 Å². The van der Waals surface area contributed by atoms with Crippen LogP contribution < -0.4 is 0 Å². The highest BCUT2D eigenvalue weighted by Gasteiger charge is 2.08. The second-order valence-electron chi connectivity index (χ2n) is 2.91. The molecule has 0 aliphatic rings. The molecule has 0 aliphatic carbocycles. The Morgan fingerprint density at radius 1 is 1.40 bits per heavy atom. The van der Waals surface area contributed by atoms with Gasteiger partial charge in [0.25, 0.3) is 0 Å². The highest BCUT2D eigenvalue weighted by molar-refractivity contribution is 7.80. The molecule has 0 atom stereocenters. The van der Waals surface area contributed by atoms with E-state index >= 15 is 0 Å². The quantitative estimate of drug-likeness (QED) is 0.461. The Morgan fingerprint density at radius 2 is 2.00 bits per heavy atom. The van der Waals surface area contributed by atoms with Crippen LogP contribution in [0.4, 0.5) is 0 Å². The molecule has 0 N–H and O–H groups in total. The summed E-state index contributed by atoms with van der Waals surface area (Å²) in [6.07, 6.45) is 0.144. The predicted molar refractivity (Wildman–Crippen MR) is 64.4 cm³/mol. The van der Waals surface area contributed by atoms with Crippen LogP contribution in [-0.2, 0) is 9.53 Å². The number of rotatable bonds is 4. The SMILES string of the molecule is CCOC(=O)CC(=S)c1ccc(Cl)cc1. The molecule has 0 bridgehead atoms. The van der Waals surface area contributed by atoms with Crippen LogP contribution in [0, 0.1) is 0 Å². The fourth-order valence-corrected chi connectivity index (χ4v) is 1.46. The molecule has 15 heavy (non-hydrogen) atoms. The molecular formula is C11H11ClO2S. The van der Waals surface area contributed by atoms with Gasteiger partial charge < -0.3 is 4.74 Å². The summed E-state index contributed by atoms with van der Waals surface area (Å²) >= 11 is 10.8. The van der Waals surface area contributed by atoms with Crippen LogP contribution in [0.5, 0.6) is 0 Å². The van der Waals surface area contributed by atoms with Gasteiger partial charge in [-0.2, -0.15) is 0 Å². The Kier molecular flexibility index (Phi) is 4.72. The van der Waals surface area contributed by atoms with Gasteiger partial charge in [0.2, 0.25) is 0 Å². The molecule has 0 aliphatic heterocycles. The number of hydrogen-bond acceptors (Lipinski definition) is 3. The van der Waals surface area contributed by atoms with Gasteiger partial charge in [0.1, 0.15) is 0 Å². The van der Waals surface area contributed by atoms with Gasteiger partial charge in [-0.25, -0.2) is 0 Å². The molecule has 1 rings (SSSR count). The van der Waals surface area contributed by atoms with Gasteiger partial charge in [0.15, 0.2) is 0 Å². The molecule has 0 amide bonds. The molecule has 1 aromatic carbocycles. The number of esters is 1. The lowest BCUT2D eigenvalue weighted by molar-refractivity contribution is -0.141. The van der Waals surface area contributed by atoms with Crippen molar-refractivity contribution in [2.24, 2.45) is 0 Å². The fraction of sp³-hybridized carbons (Fsp3) is 0.273. The first-order valence-electron chi connectivity index (χ1n) is 4.58. The molecular weight excluding hydrogens is 232 g/mol. The van der Waals surface area contributed by atoms with E-state index in [4.69, 9.17) is 28.6 Å². The van der Waals surface area contributed by atoms with E-state index in [-0.39, 0.29) is 12.4 Å². The van der Waals surface area contributed by atoms with Gasteiger partial charge in [-0.05, 0) is 24.6 Å². The summed E-state index contributed by atoms with van der Waals surface area (Å²) in [5.74, 6) is -0.294. The first-order valence-corrected chi connectivity index (χ1v) is 5.36. The number of carbonyl (C=O) groups excluding carboxylic acids is 1. The fourth-order valence-electron chi connectivity index (χ4n) is 1.08. The van der Waals surface area contributed by atoms with E-state index < -0.39 is 0 Å². The number of hydrogen-bond donors (Lipinski definition) is 0. The largest absolute Gasteiger partial charge is 0.466 e. The minimum absolute atomic E-state index is 0.144. The summed E-state index contributed by atoms with van der Waals surface area (Å²) in [7, 11) is 0. The van der Waals surface area contributed by atoms with Crippen LogP contribution in [0.25, 0.3) is 0 Å². The lowest BCUT2D eigenvalue weighted by atomic mass is 10.1. The molecule has 0 radical (unpaired) electrons. The molecule has 0 aromatic heterocycles. The lowest BCUT2D eigenvalue weighted by Crippen LogP contribution is -2.10. The zero-order valence-corrected chi connectivity index (χ0v) is 9.90. The Balaban J connectivity index is 2.61. The van der Waals surface area contributed by atoms with E-state index in [2.05, 4.69) is 0 Å². The topological polar surface area (TPSA) is 26.3 Å². The van der Waals surface area contributed by atoms with Crippen LogP contribution in [0.15, 0.2) is 24.3 Å². The molecule has 0 spiro atoms. The van der Waals surface area contributed by atoms with Crippen molar-refractivity contribution in [3.8, 4) is 0 Å². The zero-order valence-electron chi connectivity index (χ0n) is 8.33. The molecule has 80 valence electrons. The lowest BCUT2D eigenvalue weighted by Gasteiger charge is -2.03. The van der Waals surface area contributed by atoms with Crippen molar-refractivity contribution in [3.05, 3.63) is 34.9 Å². The normalized spacial score (nSPS) is 9.73. The molecule has 0 heterocycles. The van der Waals surface area contributed by atoms with Gasteiger partial charge in [-0.15, -0.1) is 0 Å². The maximum atomic E-state index is 11.2. The predicted octanol–water partition coefficient (Wildman–Crippen LogP) is 3.01. The van der Waals surface area contributed by atoms with Crippen LogP contribution in [0.2, 0.25) is 5.02 Å². The summed E-state index contributed by atoms with van der Waals surface area (Å²) in [6, 6.07) is 7.08. The van der Waals surface area contributed by atoms with E-state index in [0.717, 1.165) is 5.56 Å². The third kappa shape index (κ3) is 3.98. The Bertz CT molecular complexity index is 359. The number of carbonyl (C=O) groups is 1. The van der Waals surface area contributed by atoms with Crippen LogP contribution in [-0.4, -0.2) is 17.4 Å². The van der Waals surface area contributed by atoms with Gasteiger partial charge in [0, 0.05) is 9.89 Å². The van der Waals surface area contributed by atoms with Gasteiger partial charge in [-0.1, -0.05) is 36.0 Å². The van der Waals surface area contributed by atoms with Crippen molar-refractivity contribution in [2.75, 3.05) is 6.61 Å². The minimum atomic E-state index is -0.294. The summed E-state index contributed by atoms with van der Waals surface area (Å²) < 4.78 is 4.81. The molecule has 0 unspecified atom stereocenters. The third-order valence-corrected chi connectivity index (χ3v) is 2.41. The van der Waals surface area contributed by atoms with Gasteiger partial charge in [-0.3, -0.25) is 4.79 Å². The second kappa shape index (κ2) is 5.83. The molecule has 0 saturated heterocycles. The first-order chi connectivity index (χ1) is 7.13. The van der Waals surface area contributed by atoms with Gasteiger partial charge in [0.05, 0.1) is 13.0 Å². The smallest absolute Gasteiger partial charge is 0.311 e. The Labute approximate surface area is 99.2 Å². The van der Waals surface area contributed by atoms with E-state index in [0.29, 0.717) is 16.5 Å². The maximum absolute atomic E-state index is 11.2. The standard InChI is InChI=1S/C11H11ClO2S/c1-2-14-11(13)7-10(15)8-3-5-9(12)6-4-8/h3-6H,2,7H2,1H3. The Hall–Kier alpha value is -0.930. The minimum Gasteiger partial charge on any atom is -0.466 e. The van der Waals surface area contributed by atoms with E-state index in [1.165, 1.54) is 0 Å². The Morgan fingerprint density at radius 3 is 2.53 bits per heavy atom. The first kappa shape index (κ1) is 12.1. The zero-order chi connectivity index (χ0) is 11.3. The van der Waals surface area contributed by atoms with Crippen LogP contribution in [0.3, 0.4) is 0 Å². The number of thiocarbonyl (C=S) groups is 1. The third-order valence-electron chi connectivity index (χ3n) is 1.78.